The van der Waals surface area contributed by atoms with Crippen LogP contribution < -0.4 is 11.1 Å². The van der Waals surface area contributed by atoms with Gasteiger partial charge >= 0.3 is 0 Å². The Bertz CT molecular complexity index is 598. The van der Waals surface area contributed by atoms with Crippen molar-refractivity contribution < 1.29 is 4.79 Å². The number of carbonyl (C=O) groups is 1. The molecule has 2 aromatic rings. The Morgan fingerprint density at radius 2 is 1.91 bits per heavy atom. The highest BCUT2D eigenvalue weighted by molar-refractivity contribution is 5.85. The van der Waals surface area contributed by atoms with Gasteiger partial charge in [0.05, 0.1) is 11.7 Å². The monoisotopic (exact) mass is 322 g/mol. The number of nitrogens with one attached hydrogen (secondary N) is 1. The molecule has 120 valence electrons. The minimum atomic E-state index is -0.218. The molecule has 5 nitrogen and oxygen atoms in total. The number of halogens is 1. The van der Waals surface area contributed by atoms with E-state index in [1.165, 1.54) is 0 Å². The van der Waals surface area contributed by atoms with Crippen molar-refractivity contribution >= 4 is 18.3 Å². The Kier molecular flexibility index (Phi) is 6.59. The normalized spacial score (nSPS) is 14.5. The number of para-hydroxylation sites is 1. The summed E-state index contributed by atoms with van der Waals surface area (Å²) in [7, 11) is 0. The Hall–Kier alpha value is -1.85. The molecule has 0 saturated heterocycles. The van der Waals surface area contributed by atoms with Gasteiger partial charge < -0.3 is 11.1 Å². The van der Waals surface area contributed by atoms with E-state index >= 15 is 0 Å². The molecular weight excluding hydrogens is 300 g/mol. The third kappa shape index (κ3) is 4.08. The quantitative estimate of drug-likeness (QED) is 0.888. The van der Waals surface area contributed by atoms with Gasteiger partial charge in [-0.25, -0.2) is 4.68 Å². The molecule has 1 aromatic heterocycles. The van der Waals surface area contributed by atoms with Gasteiger partial charge in [-0.05, 0) is 31.5 Å². The first-order valence-electron chi connectivity index (χ1n) is 7.15. The fourth-order valence-corrected chi connectivity index (χ4v) is 2.14. The zero-order valence-corrected chi connectivity index (χ0v) is 13.9. The summed E-state index contributed by atoms with van der Waals surface area (Å²) in [4.78, 5) is 12.2. The molecule has 0 spiro atoms. The van der Waals surface area contributed by atoms with Crippen molar-refractivity contribution in [3.63, 3.8) is 0 Å². The molecule has 1 amide bonds. The predicted molar refractivity (Wildman–Crippen MR) is 90.2 cm³/mol. The molecule has 1 heterocycles. The lowest BCUT2D eigenvalue weighted by atomic mass is 10.0. The van der Waals surface area contributed by atoms with E-state index < -0.39 is 0 Å². The maximum Gasteiger partial charge on any atom is 0.224 e. The summed E-state index contributed by atoms with van der Waals surface area (Å²) in [6.45, 7) is 5.65. The fraction of sp³-hybridized carbons (Fsp3) is 0.375. The summed E-state index contributed by atoms with van der Waals surface area (Å²) < 4.78 is 1.80. The van der Waals surface area contributed by atoms with Crippen LogP contribution in [0, 0.1) is 5.92 Å². The van der Waals surface area contributed by atoms with Crippen molar-refractivity contribution in [2.24, 2.45) is 11.7 Å². The second-order valence-corrected chi connectivity index (χ2v) is 5.39. The highest BCUT2D eigenvalue weighted by Gasteiger charge is 2.20. The Balaban J connectivity index is 0.00000242. The van der Waals surface area contributed by atoms with Crippen LogP contribution in [0.25, 0.3) is 5.69 Å². The predicted octanol–water partition coefficient (Wildman–Crippen LogP) is 2.45. The highest BCUT2D eigenvalue weighted by Crippen LogP contribution is 2.21. The van der Waals surface area contributed by atoms with Gasteiger partial charge in [0.15, 0.2) is 0 Å². The van der Waals surface area contributed by atoms with Gasteiger partial charge in [0.1, 0.15) is 0 Å². The zero-order chi connectivity index (χ0) is 15.4. The van der Waals surface area contributed by atoms with Crippen LogP contribution >= 0.6 is 12.4 Å². The lowest BCUT2D eigenvalue weighted by molar-refractivity contribution is -0.125. The fourth-order valence-electron chi connectivity index (χ4n) is 2.14. The number of hydrogen-bond acceptors (Lipinski definition) is 3. The Morgan fingerprint density at radius 3 is 2.50 bits per heavy atom. The van der Waals surface area contributed by atoms with E-state index in [2.05, 4.69) is 10.4 Å². The molecule has 2 rings (SSSR count). The van der Waals surface area contributed by atoms with Gasteiger partial charge in [0.2, 0.25) is 5.91 Å². The van der Waals surface area contributed by atoms with Gasteiger partial charge in [0, 0.05) is 24.4 Å². The number of nitrogens with two attached hydrogens (primary N) is 1. The highest BCUT2D eigenvalue weighted by atomic mass is 35.5. The molecule has 1 aromatic carbocycles. The van der Waals surface area contributed by atoms with Crippen molar-refractivity contribution in [3.8, 4) is 5.69 Å². The van der Waals surface area contributed by atoms with E-state index in [1.54, 1.807) is 10.9 Å². The summed E-state index contributed by atoms with van der Waals surface area (Å²) in [6.07, 6.45) is 3.62. The van der Waals surface area contributed by atoms with Crippen LogP contribution in [0.15, 0.2) is 42.7 Å². The van der Waals surface area contributed by atoms with E-state index in [0.29, 0.717) is 0 Å². The topological polar surface area (TPSA) is 72.9 Å². The molecule has 0 saturated carbocycles. The largest absolute Gasteiger partial charge is 0.349 e. The molecule has 0 aliphatic heterocycles. The molecule has 0 aliphatic carbocycles. The SMILES string of the molecule is CC(NC(=O)C(C)C(C)N)c1ccccc1-n1cccn1.Cl. The first-order chi connectivity index (χ1) is 10.0. The molecule has 0 aliphatic rings. The van der Waals surface area contributed by atoms with Crippen LogP contribution in [-0.2, 0) is 4.79 Å². The third-order valence-corrected chi connectivity index (χ3v) is 3.72. The smallest absolute Gasteiger partial charge is 0.224 e. The molecule has 22 heavy (non-hydrogen) atoms. The molecule has 0 bridgehead atoms. The number of rotatable bonds is 5. The van der Waals surface area contributed by atoms with Crippen LogP contribution in [0.1, 0.15) is 32.4 Å². The first kappa shape index (κ1) is 18.2. The van der Waals surface area contributed by atoms with Gasteiger partial charge in [-0.15, -0.1) is 12.4 Å². The summed E-state index contributed by atoms with van der Waals surface area (Å²) in [5, 5.41) is 7.28. The van der Waals surface area contributed by atoms with Crippen LogP contribution in [0.5, 0.6) is 0 Å². The second-order valence-electron chi connectivity index (χ2n) is 5.39. The van der Waals surface area contributed by atoms with Gasteiger partial charge in [-0.3, -0.25) is 4.79 Å². The van der Waals surface area contributed by atoms with Gasteiger partial charge in [0.25, 0.3) is 0 Å². The Labute approximate surface area is 137 Å². The Morgan fingerprint density at radius 1 is 1.23 bits per heavy atom. The molecule has 3 N–H and O–H groups in total. The van der Waals surface area contributed by atoms with E-state index in [9.17, 15) is 4.79 Å². The maximum atomic E-state index is 12.2. The number of amides is 1. The third-order valence-electron chi connectivity index (χ3n) is 3.72. The summed E-state index contributed by atoms with van der Waals surface area (Å²) in [5.41, 5.74) is 7.77. The second kappa shape index (κ2) is 7.96. The van der Waals surface area contributed by atoms with Crippen molar-refractivity contribution in [1.29, 1.82) is 0 Å². The minimum Gasteiger partial charge on any atom is -0.349 e. The zero-order valence-electron chi connectivity index (χ0n) is 13.1. The van der Waals surface area contributed by atoms with E-state index in [1.807, 2.05) is 57.3 Å². The summed E-state index contributed by atoms with van der Waals surface area (Å²) >= 11 is 0. The summed E-state index contributed by atoms with van der Waals surface area (Å²) in [6, 6.07) is 9.49. The molecule has 3 atom stereocenters. The van der Waals surface area contributed by atoms with Crippen molar-refractivity contribution in [2.75, 3.05) is 0 Å². The molecular formula is C16H23ClN4O. The van der Waals surface area contributed by atoms with Crippen molar-refractivity contribution in [3.05, 3.63) is 48.3 Å². The van der Waals surface area contributed by atoms with Crippen LogP contribution in [-0.4, -0.2) is 21.7 Å². The maximum absolute atomic E-state index is 12.2. The standard InChI is InChI=1S/C16H22N4O.ClH/c1-11(12(2)17)16(21)19-13(3)14-7-4-5-8-15(14)20-10-6-9-18-20;/h4-13H,17H2,1-3H3,(H,19,21);1H. The lowest BCUT2D eigenvalue weighted by Crippen LogP contribution is -2.39. The van der Waals surface area contributed by atoms with Gasteiger partial charge in [-0.1, -0.05) is 25.1 Å². The van der Waals surface area contributed by atoms with Crippen LogP contribution in [0.3, 0.4) is 0 Å². The number of hydrogen-bond donors (Lipinski definition) is 2. The van der Waals surface area contributed by atoms with E-state index in [4.69, 9.17) is 5.73 Å². The number of carbonyl (C=O) groups excluding carboxylic acids is 1. The average molecular weight is 323 g/mol. The molecule has 0 radical (unpaired) electrons. The number of benzene rings is 1. The first-order valence-corrected chi connectivity index (χ1v) is 7.15. The van der Waals surface area contributed by atoms with Gasteiger partial charge in [-0.2, -0.15) is 5.10 Å². The van der Waals surface area contributed by atoms with Crippen molar-refractivity contribution in [1.82, 2.24) is 15.1 Å². The van der Waals surface area contributed by atoms with E-state index in [-0.39, 0.29) is 36.3 Å². The van der Waals surface area contributed by atoms with Crippen LogP contribution in [0.4, 0.5) is 0 Å². The minimum absolute atomic E-state index is 0. The van der Waals surface area contributed by atoms with Crippen LogP contribution in [0.2, 0.25) is 0 Å². The average Bonchev–Trinajstić information content (AvgIpc) is 3.00. The van der Waals surface area contributed by atoms with Crippen molar-refractivity contribution in [2.45, 2.75) is 32.9 Å². The lowest BCUT2D eigenvalue weighted by Gasteiger charge is -2.21. The number of aromatic nitrogens is 2. The molecule has 6 heteroatoms. The molecule has 0 fully saturated rings. The summed E-state index contributed by atoms with van der Waals surface area (Å²) in [5.74, 6) is -0.253. The number of nitrogens with zero attached hydrogens (tertiary/aromatic N) is 2. The molecule has 3 unspecified atom stereocenters. The van der Waals surface area contributed by atoms with E-state index in [0.717, 1.165) is 11.3 Å².